The fourth-order valence-corrected chi connectivity index (χ4v) is 5.77. The molecule has 0 N–H and O–H groups in total. The van der Waals surface area contributed by atoms with Gasteiger partial charge in [0.05, 0.1) is 36.7 Å². The van der Waals surface area contributed by atoms with Gasteiger partial charge in [-0.15, -0.1) is 0 Å². The average Bonchev–Trinajstić information content (AvgIpc) is 3.69. The third kappa shape index (κ3) is 5.48. The van der Waals surface area contributed by atoms with Gasteiger partial charge in [0, 0.05) is 32.7 Å². The lowest BCUT2D eigenvalue weighted by molar-refractivity contribution is 0.00762. The average molecular weight is 456 g/mol. The second-order valence-electron chi connectivity index (χ2n) is 8.33. The number of ether oxygens (including phenoxy) is 2. The largest absolute Gasteiger partial charge is 0.497 e. The molecule has 1 saturated heterocycles. The van der Waals surface area contributed by atoms with Crippen LogP contribution in [0.4, 0.5) is 0 Å². The Morgan fingerprint density at radius 2 is 1.81 bits per heavy atom. The molecule has 1 atom stereocenters. The highest BCUT2D eigenvalue weighted by Gasteiger charge is 2.41. The van der Waals surface area contributed by atoms with Crippen LogP contribution in [0.25, 0.3) is 0 Å². The van der Waals surface area contributed by atoms with Crippen LogP contribution in [-0.2, 0) is 21.4 Å². The monoisotopic (exact) mass is 455 g/mol. The van der Waals surface area contributed by atoms with E-state index in [1.165, 1.54) is 0 Å². The summed E-state index contributed by atoms with van der Waals surface area (Å²) in [5.74, 6) is 0.773. The summed E-state index contributed by atoms with van der Waals surface area (Å²) in [5.41, 5.74) is 2.64. The fourth-order valence-electron chi connectivity index (χ4n) is 3.95. The van der Waals surface area contributed by atoms with Crippen molar-refractivity contribution in [1.29, 1.82) is 5.26 Å². The Hall–Kier alpha value is -2.44. The second kappa shape index (κ2) is 10.0. The van der Waals surface area contributed by atoms with Gasteiger partial charge in [-0.3, -0.25) is 4.90 Å². The van der Waals surface area contributed by atoms with Gasteiger partial charge in [0.15, 0.2) is 0 Å². The number of rotatable bonds is 9. The summed E-state index contributed by atoms with van der Waals surface area (Å²) in [6, 6.07) is 17.4. The lowest BCUT2D eigenvalue weighted by Crippen LogP contribution is -2.50. The van der Waals surface area contributed by atoms with Gasteiger partial charge in [0.1, 0.15) is 5.75 Å². The second-order valence-corrected chi connectivity index (χ2v) is 10.5. The van der Waals surface area contributed by atoms with Crippen LogP contribution in [0, 0.1) is 11.3 Å². The number of hydrogen-bond donors (Lipinski definition) is 0. The van der Waals surface area contributed by atoms with Crippen LogP contribution in [0.15, 0.2) is 48.5 Å². The van der Waals surface area contributed by atoms with E-state index in [4.69, 9.17) is 14.7 Å². The van der Waals surface area contributed by atoms with Crippen molar-refractivity contribution < 1.29 is 17.9 Å². The van der Waals surface area contributed by atoms with Crippen molar-refractivity contribution in [1.82, 2.24) is 9.21 Å². The Morgan fingerprint density at radius 3 is 2.44 bits per heavy atom. The van der Waals surface area contributed by atoms with Gasteiger partial charge >= 0.3 is 0 Å². The Kier molecular flexibility index (Phi) is 7.11. The Morgan fingerprint density at radius 1 is 1.09 bits per heavy atom. The lowest BCUT2D eigenvalue weighted by Gasteiger charge is -2.36. The molecule has 1 aliphatic carbocycles. The zero-order valence-corrected chi connectivity index (χ0v) is 19.1. The molecule has 2 fully saturated rings. The first-order valence-corrected chi connectivity index (χ1v) is 12.5. The number of nitriles is 1. The minimum atomic E-state index is -3.12. The van der Waals surface area contributed by atoms with Crippen LogP contribution in [-0.4, -0.2) is 62.7 Å². The van der Waals surface area contributed by atoms with E-state index in [1.54, 1.807) is 23.5 Å². The van der Waals surface area contributed by atoms with Gasteiger partial charge in [0.2, 0.25) is 10.0 Å². The van der Waals surface area contributed by atoms with Crippen LogP contribution in [0.2, 0.25) is 0 Å². The highest BCUT2D eigenvalue weighted by Crippen LogP contribution is 2.32. The summed E-state index contributed by atoms with van der Waals surface area (Å²) in [6.45, 7) is 3.52. The van der Waals surface area contributed by atoms with E-state index in [0.717, 1.165) is 29.7 Å². The van der Waals surface area contributed by atoms with Crippen LogP contribution in [0.3, 0.4) is 0 Å². The van der Waals surface area contributed by atoms with Crippen molar-refractivity contribution in [2.75, 3.05) is 39.8 Å². The SMILES string of the molecule is COc1cccc(C(CN2CCN(S(=O)(=O)C3CC3)CC2)OCc2ccc(C#N)cc2)c1. The number of piperazine rings is 1. The molecule has 1 heterocycles. The Balaban J connectivity index is 1.42. The quantitative estimate of drug-likeness (QED) is 0.578. The maximum absolute atomic E-state index is 12.5. The van der Waals surface area contributed by atoms with Crippen molar-refractivity contribution in [3.05, 3.63) is 65.2 Å². The zero-order valence-electron chi connectivity index (χ0n) is 18.3. The van der Waals surface area contributed by atoms with Crippen molar-refractivity contribution in [3.8, 4) is 11.8 Å². The maximum Gasteiger partial charge on any atom is 0.217 e. The summed E-state index contributed by atoms with van der Waals surface area (Å²) in [7, 11) is -1.47. The third-order valence-corrected chi connectivity index (χ3v) is 8.46. The Labute approximate surface area is 190 Å². The van der Waals surface area contributed by atoms with Gasteiger partial charge in [-0.2, -0.15) is 9.57 Å². The van der Waals surface area contributed by atoms with Gasteiger partial charge in [0.25, 0.3) is 0 Å². The number of sulfonamides is 1. The molecule has 32 heavy (non-hydrogen) atoms. The minimum Gasteiger partial charge on any atom is -0.497 e. The Bertz CT molecular complexity index is 1050. The lowest BCUT2D eigenvalue weighted by atomic mass is 10.1. The van der Waals surface area contributed by atoms with E-state index in [2.05, 4.69) is 11.0 Å². The van der Waals surface area contributed by atoms with Crippen LogP contribution >= 0.6 is 0 Å². The molecule has 0 radical (unpaired) electrons. The zero-order chi connectivity index (χ0) is 22.6. The molecule has 1 aliphatic heterocycles. The standard InChI is InChI=1S/C24H29N3O4S/c1-30-22-4-2-3-21(15-22)24(31-18-20-7-5-19(16-25)6-8-20)17-26-11-13-27(14-12-26)32(28,29)23-9-10-23/h2-8,15,23-24H,9-14,17-18H2,1H3. The summed E-state index contributed by atoms with van der Waals surface area (Å²) >= 11 is 0. The summed E-state index contributed by atoms with van der Waals surface area (Å²) in [6.07, 6.45) is 1.40. The van der Waals surface area contributed by atoms with Crippen molar-refractivity contribution in [2.45, 2.75) is 30.8 Å². The minimum absolute atomic E-state index is 0.158. The predicted octanol–water partition coefficient (Wildman–Crippen LogP) is 2.93. The first-order valence-electron chi connectivity index (χ1n) is 11.0. The van der Waals surface area contributed by atoms with E-state index in [9.17, 15) is 8.42 Å². The molecule has 2 aromatic rings. The first kappa shape index (κ1) is 22.7. The van der Waals surface area contributed by atoms with Gasteiger partial charge < -0.3 is 9.47 Å². The summed E-state index contributed by atoms with van der Waals surface area (Å²) < 4.78 is 38.4. The van der Waals surface area contributed by atoms with E-state index in [-0.39, 0.29) is 11.4 Å². The molecule has 0 bridgehead atoms. The highest BCUT2D eigenvalue weighted by molar-refractivity contribution is 7.90. The molecule has 4 rings (SSSR count). The maximum atomic E-state index is 12.5. The van der Waals surface area contributed by atoms with Gasteiger partial charge in [-0.25, -0.2) is 8.42 Å². The third-order valence-electron chi connectivity index (χ3n) is 6.06. The molecule has 0 amide bonds. The smallest absolute Gasteiger partial charge is 0.217 e. The first-order chi connectivity index (χ1) is 15.5. The topological polar surface area (TPSA) is 82.9 Å². The molecule has 0 aromatic heterocycles. The molecule has 1 saturated carbocycles. The van der Waals surface area contributed by atoms with Crippen LogP contribution in [0.5, 0.6) is 5.75 Å². The molecule has 170 valence electrons. The van der Waals surface area contributed by atoms with Crippen molar-refractivity contribution >= 4 is 10.0 Å². The van der Waals surface area contributed by atoms with E-state index < -0.39 is 10.0 Å². The molecule has 1 unspecified atom stereocenters. The molecule has 2 aliphatic rings. The molecular weight excluding hydrogens is 426 g/mol. The molecule has 2 aromatic carbocycles. The summed E-state index contributed by atoms with van der Waals surface area (Å²) in [4.78, 5) is 2.27. The number of hydrogen-bond acceptors (Lipinski definition) is 6. The van der Waals surface area contributed by atoms with E-state index in [1.807, 2.05) is 36.4 Å². The van der Waals surface area contributed by atoms with Crippen LogP contribution < -0.4 is 4.74 Å². The number of methoxy groups -OCH3 is 1. The van der Waals surface area contributed by atoms with Gasteiger partial charge in [-0.1, -0.05) is 24.3 Å². The van der Waals surface area contributed by atoms with Crippen molar-refractivity contribution in [2.24, 2.45) is 0 Å². The normalized spacial score (nSPS) is 18.8. The molecule has 8 heteroatoms. The van der Waals surface area contributed by atoms with E-state index in [0.29, 0.717) is 44.9 Å². The fraction of sp³-hybridized carbons (Fsp3) is 0.458. The summed E-state index contributed by atoms with van der Waals surface area (Å²) in [5, 5.41) is 8.83. The number of benzene rings is 2. The van der Waals surface area contributed by atoms with Gasteiger partial charge in [-0.05, 0) is 48.2 Å². The number of nitrogens with zero attached hydrogens (tertiary/aromatic N) is 3. The molecular formula is C24H29N3O4S. The van der Waals surface area contributed by atoms with E-state index >= 15 is 0 Å². The van der Waals surface area contributed by atoms with Crippen molar-refractivity contribution in [3.63, 3.8) is 0 Å². The predicted molar refractivity (Wildman–Crippen MR) is 122 cm³/mol. The van der Waals surface area contributed by atoms with Crippen LogP contribution in [0.1, 0.15) is 35.6 Å². The highest BCUT2D eigenvalue weighted by atomic mass is 32.2. The molecule has 0 spiro atoms. The molecule has 7 nitrogen and oxygen atoms in total.